The van der Waals surface area contributed by atoms with Crippen LogP contribution in [0.4, 0.5) is 5.82 Å². The molecule has 5 nitrogen and oxygen atoms in total. The van der Waals surface area contributed by atoms with Crippen molar-refractivity contribution in [2.24, 2.45) is 0 Å². The van der Waals surface area contributed by atoms with Crippen LogP contribution in [-0.4, -0.2) is 60.5 Å². The SMILES string of the molecule is CCC1CN(C)CCCN1C(=O)c1cnc(NC)c(Cl)c1. The zero-order chi connectivity index (χ0) is 15.4. The van der Waals surface area contributed by atoms with E-state index >= 15 is 0 Å². The highest BCUT2D eigenvalue weighted by molar-refractivity contribution is 6.33. The molecular weight excluding hydrogens is 288 g/mol. The van der Waals surface area contributed by atoms with Gasteiger partial charge in [-0.3, -0.25) is 4.79 Å². The Balaban J connectivity index is 2.22. The van der Waals surface area contributed by atoms with Crippen LogP contribution < -0.4 is 5.32 Å². The van der Waals surface area contributed by atoms with E-state index in [2.05, 4.69) is 29.2 Å². The van der Waals surface area contributed by atoms with E-state index in [1.807, 2.05) is 4.90 Å². The summed E-state index contributed by atoms with van der Waals surface area (Å²) in [5.74, 6) is 0.616. The molecule has 0 saturated carbocycles. The first kappa shape index (κ1) is 16.0. The number of nitrogens with one attached hydrogen (secondary N) is 1. The van der Waals surface area contributed by atoms with Crippen LogP contribution in [0.3, 0.4) is 0 Å². The Labute approximate surface area is 131 Å². The summed E-state index contributed by atoms with van der Waals surface area (Å²) in [6.07, 6.45) is 3.54. The molecule has 0 bridgehead atoms. The summed E-state index contributed by atoms with van der Waals surface area (Å²) in [5, 5.41) is 3.38. The lowest BCUT2D eigenvalue weighted by atomic mass is 10.1. The second-order valence-electron chi connectivity index (χ2n) is 5.48. The Morgan fingerprint density at radius 1 is 1.52 bits per heavy atom. The number of rotatable bonds is 3. The molecule has 6 heteroatoms. The predicted octanol–water partition coefficient (Wildman–Crippen LogP) is 2.33. The molecule has 0 aliphatic carbocycles. The fourth-order valence-corrected chi connectivity index (χ4v) is 3.03. The quantitative estimate of drug-likeness (QED) is 0.931. The summed E-state index contributed by atoms with van der Waals surface area (Å²) in [6.45, 7) is 4.85. The van der Waals surface area contributed by atoms with Gasteiger partial charge in [-0.05, 0) is 32.5 Å². The predicted molar refractivity (Wildman–Crippen MR) is 86.0 cm³/mol. The number of nitrogens with zero attached hydrogens (tertiary/aromatic N) is 3. The third kappa shape index (κ3) is 3.66. The van der Waals surface area contributed by atoms with E-state index in [9.17, 15) is 4.79 Å². The van der Waals surface area contributed by atoms with Gasteiger partial charge in [-0.1, -0.05) is 18.5 Å². The van der Waals surface area contributed by atoms with Crippen molar-refractivity contribution < 1.29 is 4.79 Å². The number of aromatic nitrogens is 1. The lowest BCUT2D eigenvalue weighted by molar-refractivity contribution is 0.0675. The third-order valence-corrected chi connectivity index (χ3v) is 4.25. The average molecular weight is 311 g/mol. The van der Waals surface area contributed by atoms with Crippen molar-refractivity contribution >= 4 is 23.3 Å². The van der Waals surface area contributed by atoms with Gasteiger partial charge in [-0.25, -0.2) is 4.98 Å². The van der Waals surface area contributed by atoms with Gasteiger partial charge in [0.2, 0.25) is 0 Å². The van der Waals surface area contributed by atoms with Gasteiger partial charge in [0.05, 0.1) is 10.6 Å². The fraction of sp³-hybridized carbons (Fsp3) is 0.600. The van der Waals surface area contributed by atoms with Gasteiger partial charge in [0, 0.05) is 32.4 Å². The molecule has 116 valence electrons. The number of halogens is 1. The number of anilines is 1. The van der Waals surface area contributed by atoms with Gasteiger partial charge in [-0.15, -0.1) is 0 Å². The first-order valence-corrected chi connectivity index (χ1v) is 7.77. The summed E-state index contributed by atoms with van der Waals surface area (Å²) < 4.78 is 0. The van der Waals surface area contributed by atoms with E-state index in [1.165, 1.54) is 0 Å². The van der Waals surface area contributed by atoms with Crippen LogP contribution in [0.25, 0.3) is 0 Å². The molecule has 1 aliphatic rings. The number of pyridine rings is 1. The summed E-state index contributed by atoms with van der Waals surface area (Å²) in [5.41, 5.74) is 0.557. The minimum atomic E-state index is 0.0224. The van der Waals surface area contributed by atoms with Gasteiger partial charge >= 0.3 is 0 Å². The van der Waals surface area contributed by atoms with Crippen LogP contribution in [-0.2, 0) is 0 Å². The summed E-state index contributed by atoms with van der Waals surface area (Å²) in [4.78, 5) is 21.2. The molecule has 21 heavy (non-hydrogen) atoms. The Morgan fingerprint density at radius 2 is 2.29 bits per heavy atom. The van der Waals surface area contributed by atoms with Crippen LogP contribution in [0.5, 0.6) is 0 Å². The van der Waals surface area contributed by atoms with Crippen LogP contribution in [0.15, 0.2) is 12.3 Å². The van der Waals surface area contributed by atoms with Crippen molar-refractivity contribution in [3.05, 3.63) is 22.8 Å². The van der Waals surface area contributed by atoms with Gasteiger partial charge in [0.25, 0.3) is 5.91 Å². The molecule has 0 aromatic carbocycles. The van der Waals surface area contributed by atoms with E-state index < -0.39 is 0 Å². The first-order valence-electron chi connectivity index (χ1n) is 7.39. The standard InChI is InChI=1S/C15H23ClN4O/c1-4-12-10-19(3)6-5-7-20(12)15(21)11-8-13(16)14(17-2)18-9-11/h8-9,12H,4-7,10H2,1-3H3,(H,17,18). The van der Waals surface area contributed by atoms with Crippen LogP contribution >= 0.6 is 11.6 Å². The largest absolute Gasteiger partial charge is 0.372 e. The highest BCUT2D eigenvalue weighted by atomic mass is 35.5. The zero-order valence-electron chi connectivity index (χ0n) is 12.9. The Bertz CT molecular complexity index is 508. The summed E-state index contributed by atoms with van der Waals surface area (Å²) in [6, 6.07) is 1.94. The molecule has 0 radical (unpaired) electrons. The van der Waals surface area contributed by atoms with Crippen molar-refractivity contribution in [2.45, 2.75) is 25.8 Å². The van der Waals surface area contributed by atoms with E-state index in [0.29, 0.717) is 16.4 Å². The second kappa shape index (κ2) is 7.09. The number of hydrogen-bond donors (Lipinski definition) is 1. The molecule has 1 aromatic rings. The highest BCUT2D eigenvalue weighted by Crippen LogP contribution is 2.22. The van der Waals surface area contributed by atoms with Crippen molar-refractivity contribution in [2.75, 3.05) is 39.0 Å². The first-order chi connectivity index (χ1) is 10.1. The maximum Gasteiger partial charge on any atom is 0.255 e. The molecule has 0 spiro atoms. The van der Waals surface area contributed by atoms with Crippen LogP contribution in [0, 0.1) is 0 Å². The Hall–Kier alpha value is -1.33. The van der Waals surface area contributed by atoms with Crippen molar-refractivity contribution in [3.8, 4) is 0 Å². The van der Waals surface area contributed by atoms with Gasteiger partial charge in [-0.2, -0.15) is 0 Å². The average Bonchev–Trinajstić information content (AvgIpc) is 2.67. The zero-order valence-corrected chi connectivity index (χ0v) is 13.7. The molecule has 2 rings (SSSR count). The van der Waals surface area contributed by atoms with Gasteiger partial charge in [0.1, 0.15) is 5.82 Å². The van der Waals surface area contributed by atoms with Crippen LogP contribution in [0.1, 0.15) is 30.1 Å². The minimum Gasteiger partial charge on any atom is -0.372 e. The van der Waals surface area contributed by atoms with Crippen molar-refractivity contribution in [1.29, 1.82) is 0 Å². The van der Waals surface area contributed by atoms with E-state index in [1.54, 1.807) is 19.3 Å². The van der Waals surface area contributed by atoms with E-state index in [0.717, 1.165) is 32.5 Å². The van der Waals surface area contributed by atoms with Crippen molar-refractivity contribution in [3.63, 3.8) is 0 Å². The minimum absolute atomic E-state index is 0.0224. The lowest BCUT2D eigenvalue weighted by Gasteiger charge is -2.30. The summed E-state index contributed by atoms with van der Waals surface area (Å²) >= 11 is 6.13. The summed E-state index contributed by atoms with van der Waals surface area (Å²) in [7, 11) is 3.87. The molecule has 1 saturated heterocycles. The lowest BCUT2D eigenvalue weighted by Crippen LogP contribution is -2.43. The maximum atomic E-state index is 12.8. The highest BCUT2D eigenvalue weighted by Gasteiger charge is 2.27. The monoisotopic (exact) mass is 310 g/mol. The van der Waals surface area contributed by atoms with E-state index in [4.69, 9.17) is 11.6 Å². The normalized spacial score (nSPS) is 20.2. The molecule has 1 N–H and O–H groups in total. The molecule has 2 heterocycles. The number of carbonyl (C=O) groups is 1. The molecule has 1 amide bonds. The van der Waals surface area contributed by atoms with Gasteiger partial charge < -0.3 is 15.1 Å². The topological polar surface area (TPSA) is 48.5 Å². The van der Waals surface area contributed by atoms with Crippen LogP contribution in [0.2, 0.25) is 5.02 Å². The third-order valence-electron chi connectivity index (χ3n) is 3.96. The second-order valence-corrected chi connectivity index (χ2v) is 5.89. The number of likely N-dealkylation sites (N-methyl/N-ethyl adjacent to an activating group) is 1. The van der Waals surface area contributed by atoms with Crippen molar-refractivity contribution in [1.82, 2.24) is 14.8 Å². The molecule has 1 aromatic heterocycles. The smallest absolute Gasteiger partial charge is 0.255 e. The maximum absolute atomic E-state index is 12.8. The fourth-order valence-electron chi connectivity index (χ4n) is 2.76. The number of carbonyl (C=O) groups excluding carboxylic acids is 1. The molecule has 1 aliphatic heterocycles. The molecular formula is C15H23ClN4O. The molecule has 1 fully saturated rings. The molecule has 1 unspecified atom stereocenters. The Kier molecular flexibility index (Phi) is 5.42. The molecule has 1 atom stereocenters. The van der Waals surface area contributed by atoms with Gasteiger partial charge in [0.15, 0.2) is 0 Å². The van der Waals surface area contributed by atoms with E-state index in [-0.39, 0.29) is 11.9 Å². The number of hydrogen-bond acceptors (Lipinski definition) is 4. The Morgan fingerprint density at radius 3 is 2.90 bits per heavy atom. The number of amides is 1.